The summed E-state index contributed by atoms with van der Waals surface area (Å²) in [6, 6.07) is 3.78. The van der Waals surface area contributed by atoms with Gasteiger partial charge >= 0.3 is 5.97 Å². The van der Waals surface area contributed by atoms with E-state index in [9.17, 15) is 14.7 Å². The third-order valence-corrected chi connectivity index (χ3v) is 2.52. The molecule has 1 rings (SSSR count). The van der Waals surface area contributed by atoms with Crippen LogP contribution in [0.4, 0.5) is 5.69 Å². The molecule has 0 aliphatic heterocycles. The van der Waals surface area contributed by atoms with Gasteiger partial charge in [0.25, 0.3) is 0 Å². The van der Waals surface area contributed by atoms with Crippen molar-refractivity contribution in [3.63, 3.8) is 0 Å². The first-order valence-electron chi connectivity index (χ1n) is 5.90. The molecular weight excluding hydrogens is 234 g/mol. The third kappa shape index (κ3) is 4.08. The van der Waals surface area contributed by atoms with Crippen LogP contribution in [0.3, 0.4) is 0 Å². The molecule has 98 valence electrons. The number of anilines is 1. The normalized spacial score (nSPS) is 10.1. The average Bonchev–Trinajstić information content (AvgIpc) is 2.32. The molecule has 0 spiro atoms. The molecule has 0 aliphatic carbocycles. The highest BCUT2D eigenvalue weighted by Crippen LogP contribution is 2.24. The number of hydrogen-bond acceptors (Lipinski definition) is 3. The number of carbonyl (C=O) groups excluding carboxylic acids is 1. The van der Waals surface area contributed by atoms with Gasteiger partial charge in [-0.2, -0.15) is 0 Å². The first kappa shape index (κ1) is 14.0. The van der Waals surface area contributed by atoms with Gasteiger partial charge in [0.1, 0.15) is 5.75 Å². The summed E-state index contributed by atoms with van der Waals surface area (Å²) in [6.07, 6.45) is 3.13. The number of phenolic OH excluding ortho intramolecular Hbond substituents is 1. The molecule has 0 bridgehead atoms. The number of aromatic hydroxyl groups is 1. The van der Waals surface area contributed by atoms with Crippen LogP contribution < -0.4 is 5.32 Å². The van der Waals surface area contributed by atoms with E-state index in [-0.39, 0.29) is 22.9 Å². The number of carboxylic acid groups (broad SMARTS) is 1. The van der Waals surface area contributed by atoms with Crippen molar-refractivity contribution in [1.82, 2.24) is 0 Å². The summed E-state index contributed by atoms with van der Waals surface area (Å²) in [5, 5.41) is 20.9. The number of carbonyl (C=O) groups is 2. The number of rotatable bonds is 6. The van der Waals surface area contributed by atoms with Gasteiger partial charge in [-0.25, -0.2) is 4.79 Å². The second-order valence-electron chi connectivity index (χ2n) is 4.04. The number of phenols is 1. The van der Waals surface area contributed by atoms with Crippen LogP contribution in [-0.4, -0.2) is 22.1 Å². The summed E-state index contributed by atoms with van der Waals surface area (Å²) in [5.74, 6) is -1.46. The lowest BCUT2D eigenvalue weighted by atomic mass is 10.1. The quantitative estimate of drug-likeness (QED) is 0.535. The summed E-state index contributed by atoms with van der Waals surface area (Å²) < 4.78 is 0. The van der Waals surface area contributed by atoms with Crippen LogP contribution in [0.1, 0.15) is 43.0 Å². The molecular formula is C13H17NO4. The Morgan fingerprint density at radius 3 is 2.61 bits per heavy atom. The highest BCUT2D eigenvalue weighted by Gasteiger charge is 2.10. The number of nitrogens with one attached hydrogen (secondary N) is 1. The number of hydrogen-bond donors (Lipinski definition) is 3. The van der Waals surface area contributed by atoms with Crippen LogP contribution in [-0.2, 0) is 4.79 Å². The molecule has 1 amide bonds. The molecule has 0 heterocycles. The highest BCUT2D eigenvalue weighted by molar-refractivity contribution is 5.95. The van der Waals surface area contributed by atoms with Gasteiger partial charge in [-0.1, -0.05) is 19.8 Å². The van der Waals surface area contributed by atoms with Crippen molar-refractivity contribution in [1.29, 1.82) is 0 Å². The van der Waals surface area contributed by atoms with Gasteiger partial charge in [-0.3, -0.25) is 4.79 Å². The molecule has 5 heteroatoms. The first-order chi connectivity index (χ1) is 8.54. The summed E-state index contributed by atoms with van der Waals surface area (Å²) in [5.41, 5.74) is 0.160. The van der Waals surface area contributed by atoms with E-state index in [1.807, 2.05) is 6.92 Å². The Hall–Kier alpha value is -2.04. The third-order valence-electron chi connectivity index (χ3n) is 2.52. The summed E-state index contributed by atoms with van der Waals surface area (Å²) in [4.78, 5) is 22.3. The van der Waals surface area contributed by atoms with Crippen molar-refractivity contribution in [2.24, 2.45) is 0 Å². The van der Waals surface area contributed by atoms with Gasteiger partial charge in [0, 0.05) is 6.42 Å². The van der Waals surface area contributed by atoms with Crippen molar-refractivity contribution in [3.05, 3.63) is 23.8 Å². The second kappa shape index (κ2) is 6.64. The molecule has 0 radical (unpaired) electrons. The number of aromatic carboxylic acids is 1. The molecule has 0 aromatic heterocycles. The van der Waals surface area contributed by atoms with Crippen LogP contribution in [0.2, 0.25) is 0 Å². The Morgan fingerprint density at radius 1 is 1.28 bits per heavy atom. The smallest absolute Gasteiger partial charge is 0.335 e. The largest absolute Gasteiger partial charge is 0.506 e. The van der Waals surface area contributed by atoms with Gasteiger partial charge in [0.05, 0.1) is 11.3 Å². The molecule has 18 heavy (non-hydrogen) atoms. The summed E-state index contributed by atoms with van der Waals surface area (Å²) in [7, 11) is 0. The fourth-order valence-electron chi connectivity index (χ4n) is 1.52. The van der Waals surface area contributed by atoms with E-state index >= 15 is 0 Å². The lowest BCUT2D eigenvalue weighted by Gasteiger charge is -2.08. The minimum Gasteiger partial charge on any atom is -0.506 e. The standard InChI is InChI=1S/C13H17NO4/c1-2-3-4-5-12(16)14-10-8-9(13(17)18)6-7-11(10)15/h6-8,15H,2-5H2,1H3,(H,14,16)(H,17,18). The average molecular weight is 251 g/mol. The molecule has 0 atom stereocenters. The van der Waals surface area contributed by atoms with Crippen LogP contribution in [0.25, 0.3) is 0 Å². The summed E-state index contributed by atoms with van der Waals surface area (Å²) >= 11 is 0. The number of carboxylic acids is 1. The highest BCUT2D eigenvalue weighted by atomic mass is 16.4. The molecule has 0 fully saturated rings. The van der Waals surface area contributed by atoms with Gasteiger partial charge in [0.15, 0.2) is 0 Å². The molecule has 0 aliphatic rings. The van der Waals surface area contributed by atoms with E-state index in [1.165, 1.54) is 18.2 Å². The van der Waals surface area contributed by atoms with Gasteiger partial charge in [-0.05, 0) is 24.6 Å². The Labute approximate surface area is 105 Å². The van der Waals surface area contributed by atoms with Gasteiger partial charge < -0.3 is 15.5 Å². The fourth-order valence-corrected chi connectivity index (χ4v) is 1.52. The zero-order chi connectivity index (χ0) is 13.5. The van der Waals surface area contributed by atoms with Crippen molar-refractivity contribution in [3.8, 4) is 5.75 Å². The van der Waals surface area contributed by atoms with E-state index in [0.29, 0.717) is 6.42 Å². The molecule has 5 nitrogen and oxygen atoms in total. The lowest BCUT2D eigenvalue weighted by molar-refractivity contribution is -0.116. The Balaban J connectivity index is 2.68. The lowest BCUT2D eigenvalue weighted by Crippen LogP contribution is -2.11. The molecule has 0 saturated carbocycles. The maximum absolute atomic E-state index is 11.6. The number of amides is 1. The summed E-state index contributed by atoms with van der Waals surface area (Å²) in [6.45, 7) is 2.04. The Kier molecular flexibility index (Phi) is 5.17. The Bertz CT molecular complexity index is 443. The van der Waals surface area contributed by atoms with Crippen molar-refractivity contribution in [2.75, 3.05) is 5.32 Å². The SMILES string of the molecule is CCCCCC(=O)Nc1cc(C(=O)O)ccc1O. The van der Waals surface area contributed by atoms with Crippen LogP contribution in [0, 0.1) is 0 Å². The fraction of sp³-hybridized carbons (Fsp3) is 0.385. The molecule has 0 saturated heterocycles. The molecule has 1 aromatic carbocycles. The van der Waals surface area contributed by atoms with Crippen molar-refractivity contribution < 1.29 is 19.8 Å². The minimum atomic E-state index is -1.10. The van der Waals surface area contributed by atoms with Crippen molar-refractivity contribution >= 4 is 17.6 Å². The maximum atomic E-state index is 11.6. The Morgan fingerprint density at radius 2 is 2.00 bits per heavy atom. The number of benzene rings is 1. The van der Waals surface area contributed by atoms with Gasteiger partial charge in [-0.15, -0.1) is 0 Å². The van der Waals surface area contributed by atoms with Crippen LogP contribution in [0.15, 0.2) is 18.2 Å². The molecule has 3 N–H and O–H groups in total. The topological polar surface area (TPSA) is 86.6 Å². The van der Waals surface area contributed by atoms with Crippen molar-refractivity contribution in [2.45, 2.75) is 32.6 Å². The van der Waals surface area contributed by atoms with E-state index in [0.717, 1.165) is 19.3 Å². The van der Waals surface area contributed by atoms with Gasteiger partial charge in [0.2, 0.25) is 5.91 Å². The van der Waals surface area contributed by atoms with Crippen LogP contribution in [0.5, 0.6) is 5.75 Å². The zero-order valence-electron chi connectivity index (χ0n) is 10.3. The predicted octanol–water partition coefficient (Wildman–Crippen LogP) is 2.61. The van der Waals surface area contributed by atoms with E-state index in [1.54, 1.807) is 0 Å². The van der Waals surface area contributed by atoms with Crippen LogP contribution >= 0.6 is 0 Å². The maximum Gasteiger partial charge on any atom is 0.335 e. The monoisotopic (exact) mass is 251 g/mol. The van der Waals surface area contributed by atoms with E-state index in [4.69, 9.17) is 5.11 Å². The number of unbranched alkanes of at least 4 members (excludes halogenated alkanes) is 2. The first-order valence-corrected chi connectivity index (χ1v) is 5.90. The second-order valence-corrected chi connectivity index (χ2v) is 4.04. The minimum absolute atomic E-state index is 0.0247. The van der Waals surface area contributed by atoms with E-state index < -0.39 is 5.97 Å². The van der Waals surface area contributed by atoms with E-state index in [2.05, 4.69) is 5.32 Å². The molecule has 1 aromatic rings. The predicted molar refractivity (Wildman–Crippen MR) is 67.8 cm³/mol. The molecule has 0 unspecified atom stereocenters. The zero-order valence-corrected chi connectivity index (χ0v) is 10.3.